The summed E-state index contributed by atoms with van der Waals surface area (Å²) in [7, 11) is 0. The minimum absolute atomic E-state index is 0.203. The molecule has 0 amide bonds. The van der Waals surface area contributed by atoms with Crippen molar-refractivity contribution in [3.63, 3.8) is 0 Å². The molecule has 0 unspecified atom stereocenters. The summed E-state index contributed by atoms with van der Waals surface area (Å²) in [6.07, 6.45) is 8.41. The Labute approximate surface area is 172 Å². The first kappa shape index (κ1) is 22.5. The Hall–Kier alpha value is -1.78. The van der Waals surface area contributed by atoms with Crippen LogP contribution in [0.15, 0.2) is 48.8 Å². The third-order valence-electron chi connectivity index (χ3n) is 5.11. The maximum atomic E-state index is 4.82. The fraction of sp³-hybridized carbons (Fsp3) is 0.583. The SMILES string of the molecule is CCCN(CCC)[C@H](c1ccccn1)[C@@H](c1ccccn1)N(CCC)CCC. The van der Waals surface area contributed by atoms with E-state index < -0.39 is 0 Å². The van der Waals surface area contributed by atoms with E-state index in [-0.39, 0.29) is 12.1 Å². The van der Waals surface area contributed by atoms with Crippen molar-refractivity contribution >= 4 is 0 Å². The predicted molar refractivity (Wildman–Crippen MR) is 118 cm³/mol. The second-order valence-electron chi connectivity index (χ2n) is 7.47. The van der Waals surface area contributed by atoms with Gasteiger partial charge in [0.1, 0.15) is 0 Å². The molecule has 2 aromatic rings. The first-order valence-corrected chi connectivity index (χ1v) is 11.1. The molecule has 154 valence electrons. The number of rotatable bonds is 13. The van der Waals surface area contributed by atoms with Crippen molar-refractivity contribution in [2.24, 2.45) is 0 Å². The molecule has 0 bridgehead atoms. The van der Waals surface area contributed by atoms with E-state index in [0.717, 1.165) is 63.3 Å². The van der Waals surface area contributed by atoms with Crippen molar-refractivity contribution in [2.75, 3.05) is 26.2 Å². The van der Waals surface area contributed by atoms with Gasteiger partial charge in [-0.05, 0) is 76.1 Å². The molecule has 0 aromatic carbocycles. The molecule has 0 N–H and O–H groups in total. The summed E-state index contributed by atoms with van der Waals surface area (Å²) in [5.41, 5.74) is 2.30. The molecule has 0 saturated carbocycles. The molecule has 4 heteroatoms. The lowest BCUT2D eigenvalue weighted by molar-refractivity contribution is 0.0695. The molecule has 0 radical (unpaired) electrons. The maximum absolute atomic E-state index is 4.82. The van der Waals surface area contributed by atoms with Gasteiger partial charge < -0.3 is 0 Å². The van der Waals surface area contributed by atoms with Crippen LogP contribution in [0.4, 0.5) is 0 Å². The zero-order valence-corrected chi connectivity index (χ0v) is 18.2. The molecular formula is C24H38N4. The standard InChI is InChI=1S/C24H38N4/c1-5-17-27(18-6-2)23(21-13-9-11-15-25-21)24(22-14-10-12-16-26-22)28(19-7-3)20-8-4/h9-16,23-24H,5-8,17-20H2,1-4H3/t23-,24-/m1/s1. The van der Waals surface area contributed by atoms with Gasteiger partial charge in [0.15, 0.2) is 0 Å². The van der Waals surface area contributed by atoms with Crippen LogP contribution in [0.3, 0.4) is 0 Å². The fourth-order valence-corrected chi connectivity index (χ4v) is 4.13. The molecular weight excluding hydrogens is 344 g/mol. The number of hydrogen-bond acceptors (Lipinski definition) is 4. The third kappa shape index (κ3) is 6.11. The topological polar surface area (TPSA) is 32.3 Å². The quantitative estimate of drug-likeness (QED) is 0.458. The van der Waals surface area contributed by atoms with E-state index in [2.05, 4.69) is 61.8 Å². The third-order valence-corrected chi connectivity index (χ3v) is 5.11. The van der Waals surface area contributed by atoms with Crippen LogP contribution in [0, 0.1) is 0 Å². The normalized spacial score (nSPS) is 13.8. The van der Waals surface area contributed by atoms with E-state index in [1.54, 1.807) is 0 Å². The van der Waals surface area contributed by atoms with Crippen molar-refractivity contribution in [1.29, 1.82) is 0 Å². The van der Waals surface area contributed by atoms with Gasteiger partial charge in [0.25, 0.3) is 0 Å². The minimum atomic E-state index is 0.203. The molecule has 2 rings (SSSR count). The van der Waals surface area contributed by atoms with Crippen LogP contribution < -0.4 is 0 Å². The Morgan fingerprint density at radius 3 is 1.21 bits per heavy atom. The zero-order chi connectivity index (χ0) is 20.2. The Morgan fingerprint density at radius 1 is 0.607 bits per heavy atom. The monoisotopic (exact) mass is 382 g/mol. The van der Waals surface area contributed by atoms with Crippen molar-refractivity contribution in [3.8, 4) is 0 Å². The number of nitrogens with zero attached hydrogens (tertiary/aromatic N) is 4. The Balaban J connectivity index is 2.58. The van der Waals surface area contributed by atoms with Crippen LogP contribution in [0.1, 0.15) is 76.8 Å². The molecule has 0 aliphatic carbocycles. The number of aromatic nitrogens is 2. The van der Waals surface area contributed by atoms with Crippen LogP contribution in [0.5, 0.6) is 0 Å². The molecule has 2 aromatic heterocycles. The van der Waals surface area contributed by atoms with Gasteiger partial charge in [0.05, 0.1) is 23.5 Å². The lowest BCUT2D eigenvalue weighted by Crippen LogP contribution is -2.43. The number of pyridine rings is 2. The average Bonchev–Trinajstić information content (AvgIpc) is 2.73. The molecule has 0 aliphatic rings. The molecule has 0 fully saturated rings. The van der Waals surface area contributed by atoms with Gasteiger partial charge in [-0.3, -0.25) is 19.8 Å². The molecule has 4 nitrogen and oxygen atoms in total. The first-order valence-electron chi connectivity index (χ1n) is 11.1. The second-order valence-corrected chi connectivity index (χ2v) is 7.47. The van der Waals surface area contributed by atoms with E-state index in [1.165, 1.54) is 0 Å². The predicted octanol–water partition coefficient (Wildman–Crippen LogP) is 5.50. The van der Waals surface area contributed by atoms with Crippen LogP contribution in [-0.2, 0) is 0 Å². The summed E-state index contributed by atoms with van der Waals surface area (Å²) in [5.74, 6) is 0. The van der Waals surface area contributed by atoms with E-state index in [4.69, 9.17) is 9.97 Å². The van der Waals surface area contributed by atoms with Crippen molar-refractivity contribution in [1.82, 2.24) is 19.8 Å². The highest BCUT2D eigenvalue weighted by Crippen LogP contribution is 2.37. The van der Waals surface area contributed by atoms with Gasteiger partial charge in [0, 0.05) is 12.4 Å². The Bertz CT molecular complexity index is 562. The van der Waals surface area contributed by atoms with Gasteiger partial charge in [-0.15, -0.1) is 0 Å². The van der Waals surface area contributed by atoms with E-state index in [9.17, 15) is 0 Å². The summed E-state index contributed by atoms with van der Waals surface area (Å²) in [4.78, 5) is 14.9. The van der Waals surface area contributed by atoms with Crippen LogP contribution in [0.25, 0.3) is 0 Å². The smallest absolute Gasteiger partial charge is 0.0735 e. The Morgan fingerprint density at radius 2 is 0.964 bits per heavy atom. The van der Waals surface area contributed by atoms with E-state index >= 15 is 0 Å². The van der Waals surface area contributed by atoms with E-state index in [0.29, 0.717) is 0 Å². The van der Waals surface area contributed by atoms with Crippen LogP contribution >= 0.6 is 0 Å². The zero-order valence-electron chi connectivity index (χ0n) is 18.2. The van der Waals surface area contributed by atoms with Crippen molar-refractivity contribution in [3.05, 3.63) is 60.2 Å². The molecule has 0 saturated heterocycles. The summed E-state index contributed by atoms with van der Waals surface area (Å²) < 4.78 is 0. The highest BCUT2D eigenvalue weighted by atomic mass is 15.3. The van der Waals surface area contributed by atoms with Crippen LogP contribution in [0.2, 0.25) is 0 Å². The lowest BCUT2D eigenvalue weighted by atomic mass is 9.95. The molecule has 0 spiro atoms. The van der Waals surface area contributed by atoms with Crippen molar-refractivity contribution < 1.29 is 0 Å². The van der Waals surface area contributed by atoms with Crippen molar-refractivity contribution in [2.45, 2.75) is 65.5 Å². The molecule has 2 atom stereocenters. The Kier molecular flexibility index (Phi) is 10.2. The second kappa shape index (κ2) is 12.6. The van der Waals surface area contributed by atoms with Gasteiger partial charge >= 0.3 is 0 Å². The van der Waals surface area contributed by atoms with Crippen LogP contribution in [-0.4, -0.2) is 45.9 Å². The summed E-state index contributed by atoms with van der Waals surface area (Å²) in [6, 6.07) is 13.0. The molecule has 2 heterocycles. The molecule has 28 heavy (non-hydrogen) atoms. The highest BCUT2D eigenvalue weighted by Gasteiger charge is 2.35. The first-order chi connectivity index (χ1) is 13.8. The van der Waals surface area contributed by atoms with Gasteiger partial charge in [-0.25, -0.2) is 0 Å². The summed E-state index contributed by atoms with van der Waals surface area (Å²) in [6.45, 7) is 13.4. The maximum Gasteiger partial charge on any atom is 0.0735 e. The summed E-state index contributed by atoms with van der Waals surface area (Å²) >= 11 is 0. The minimum Gasteiger partial charge on any atom is -0.293 e. The van der Waals surface area contributed by atoms with Gasteiger partial charge in [0.2, 0.25) is 0 Å². The number of hydrogen-bond donors (Lipinski definition) is 0. The van der Waals surface area contributed by atoms with E-state index in [1.807, 2.05) is 24.5 Å². The largest absolute Gasteiger partial charge is 0.293 e. The average molecular weight is 383 g/mol. The highest BCUT2D eigenvalue weighted by molar-refractivity contribution is 5.19. The fourth-order valence-electron chi connectivity index (χ4n) is 4.13. The lowest BCUT2D eigenvalue weighted by Gasteiger charge is -2.42. The van der Waals surface area contributed by atoms with Gasteiger partial charge in [-0.2, -0.15) is 0 Å². The molecule has 0 aliphatic heterocycles. The van der Waals surface area contributed by atoms with Gasteiger partial charge in [-0.1, -0.05) is 39.8 Å². The summed E-state index contributed by atoms with van der Waals surface area (Å²) in [5, 5.41) is 0.